The fourth-order valence-electron chi connectivity index (χ4n) is 1.35. The Kier molecular flexibility index (Phi) is 3.41. The standard InChI is InChI=1S/C11H10ClFN2S/c1-7(11-14-4-5-16-11)15-8-2-3-10(13)9(12)6-8/h2-7,15H,1H3. The van der Waals surface area contributed by atoms with Crippen molar-refractivity contribution in [1.29, 1.82) is 0 Å². The number of aromatic nitrogens is 1. The molecule has 2 rings (SSSR count). The van der Waals surface area contributed by atoms with Gasteiger partial charge in [0.15, 0.2) is 0 Å². The molecule has 0 aliphatic heterocycles. The van der Waals surface area contributed by atoms with Crippen LogP contribution in [-0.2, 0) is 0 Å². The molecule has 1 heterocycles. The zero-order valence-electron chi connectivity index (χ0n) is 8.58. The SMILES string of the molecule is CC(Nc1ccc(F)c(Cl)c1)c1nccs1. The first-order valence-electron chi connectivity index (χ1n) is 4.78. The molecule has 2 nitrogen and oxygen atoms in total. The summed E-state index contributed by atoms with van der Waals surface area (Å²) in [4.78, 5) is 4.20. The summed E-state index contributed by atoms with van der Waals surface area (Å²) in [6.45, 7) is 2.00. The number of rotatable bonds is 3. The van der Waals surface area contributed by atoms with Crippen LogP contribution in [0.2, 0.25) is 5.02 Å². The average molecular weight is 257 g/mol. The largest absolute Gasteiger partial charge is 0.376 e. The van der Waals surface area contributed by atoms with Crippen LogP contribution in [-0.4, -0.2) is 4.98 Å². The molecule has 1 aromatic heterocycles. The van der Waals surface area contributed by atoms with Crippen LogP contribution in [0, 0.1) is 5.82 Å². The summed E-state index contributed by atoms with van der Waals surface area (Å²) < 4.78 is 12.9. The van der Waals surface area contributed by atoms with Crippen molar-refractivity contribution in [3.63, 3.8) is 0 Å². The Morgan fingerprint density at radius 1 is 1.50 bits per heavy atom. The van der Waals surface area contributed by atoms with Crippen LogP contribution < -0.4 is 5.32 Å². The van der Waals surface area contributed by atoms with Gasteiger partial charge in [-0.15, -0.1) is 11.3 Å². The number of halogens is 2. The molecular formula is C11H10ClFN2S. The van der Waals surface area contributed by atoms with Crippen molar-refractivity contribution >= 4 is 28.6 Å². The molecule has 1 atom stereocenters. The Morgan fingerprint density at radius 3 is 2.94 bits per heavy atom. The summed E-state index contributed by atoms with van der Waals surface area (Å²) in [5.41, 5.74) is 0.786. The fourth-order valence-corrected chi connectivity index (χ4v) is 2.17. The molecule has 0 fully saturated rings. The lowest BCUT2D eigenvalue weighted by atomic mass is 10.2. The van der Waals surface area contributed by atoms with Crippen LogP contribution in [0.5, 0.6) is 0 Å². The lowest BCUT2D eigenvalue weighted by Crippen LogP contribution is -2.06. The van der Waals surface area contributed by atoms with Gasteiger partial charge in [-0.05, 0) is 25.1 Å². The number of anilines is 1. The van der Waals surface area contributed by atoms with Crippen molar-refractivity contribution in [2.24, 2.45) is 0 Å². The first-order chi connectivity index (χ1) is 7.66. The van der Waals surface area contributed by atoms with Gasteiger partial charge in [-0.2, -0.15) is 0 Å². The molecule has 1 aromatic carbocycles. The van der Waals surface area contributed by atoms with E-state index in [1.807, 2.05) is 12.3 Å². The maximum atomic E-state index is 12.9. The van der Waals surface area contributed by atoms with Gasteiger partial charge in [0.2, 0.25) is 0 Å². The lowest BCUT2D eigenvalue weighted by molar-refractivity contribution is 0.628. The van der Waals surface area contributed by atoms with Gasteiger partial charge in [-0.25, -0.2) is 9.37 Å². The quantitative estimate of drug-likeness (QED) is 0.894. The summed E-state index contributed by atoms with van der Waals surface area (Å²) in [6, 6.07) is 4.66. The first-order valence-corrected chi connectivity index (χ1v) is 6.03. The van der Waals surface area contributed by atoms with E-state index in [0.29, 0.717) is 0 Å². The molecule has 84 valence electrons. The molecule has 16 heavy (non-hydrogen) atoms. The number of benzene rings is 1. The highest BCUT2D eigenvalue weighted by Crippen LogP contribution is 2.24. The summed E-state index contributed by atoms with van der Waals surface area (Å²) in [7, 11) is 0. The summed E-state index contributed by atoms with van der Waals surface area (Å²) in [6.07, 6.45) is 1.76. The number of nitrogens with one attached hydrogen (secondary N) is 1. The van der Waals surface area contributed by atoms with E-state index in [1.54, 1.807) is 29.7 Å². The van der Waals surface area contributed by atoms with E-state index < -0.39 is 5.82 Å². The van der Waals surface area contributed by atoms with E-state index in [-0.39, 0.29) is 11.1 Å². The highest BCUT2D eigenvalue weighted by Gasteiger charge is 2.08. The minimum atomic E-state index is -0.408. The van der Waals surface area contributed by atoms with Gasteiger partial charge in [0.1, 0.15) is 10.8 Å². The molecule has 0 saturated carbocycles. The highest BCUT2D eigenvalue weighted by atomic mass is 35.5. The Bertz CT molecular complexity index is 473. The van der Waals surface area contributed by atoms with Crippen LogP contribution in [0.3, 0.4) is 0 Å². The number of nitrogens with zero attached hydrogens (tertiary/aromatic N) is 1. The van der Waals surface area contributed by atoms with E-state index in [0.717, 1.165) is 10.7 Å². The van der Waals surface area contributed by atoms with Crippen LogP contribution in [0.4, 0.5) is 10.1 Å². The van der Waals surface area contributed by atoms with Gasteiger partial charge >= 0.3 is 0 Å². The van der Waals surface area contributed by atoms with Gasteiger partial charge in [-0.3, -0.25) is 0 Å². The summed E-state index contributed by atoms with van der Waals surface area (Å²) >= 11 is 7.27. The Balaban J connectivity index is 2.12. The second-order valence-electron chi connectivity index (χ2n) is 3.37. The Morgan fingerprint density at radius 2 is 2.31 bits per heavy atom. The van der Waals surface area contributed by atoms with Crippen LogP contribution in [0.15, 0.2) is 29.8 Å². The topological polar surface area (TPSA) is 24.9 Å². The van der Waals surface area contributed by atoms with Crippen molar-refractivity contribution in [3.8, 4) is 0 Å². The third-order valence-corrected chi connectivity index (χ3v) is 3.37. The van der Waals surface area contributed by atoms with E-state index in [4.69, 9.17) is 11.6 Å². The maximum absolute atomic E-state index is 12.9. The molecule has 5 heteroatoms. The Labute approximate surface area is 102 Å². The number of hydrogen-bond donors (Lipinski definition) is 1. The fraction of sp³-hybridized carbons (Fsp3) is 0.182. The Hall–Kier alpha value is -1.13. The van der Waals surface area contributed by atoms with Gasteiger partial charge in [0.25, 0.3) is 0 Å². The molecule has 0 bridgehead atoms. The summed E-state index contributed by atoms with van der Waals surface area (Å²) in [5.74, 6) is -0.408. The molecule has 0 aliphatic carbocycles. The molecular weight excluding hydrogens is 247 g/mol. The van der Waals surface area contributed by atoms with E-state index in [1.165, 1.54) is 6.07 Å². The minimum absolute atomic E-state index is 0.0847. The number of thiazole rings is 1. The third-order valence-electron chi connectivity index (χ3n) is 2.12. The second-order valence-corrected chi connectivity index (χ2v) is 4.70. The lowest BCUT2D eigenvalue weighted by Gasteiger charge is -2.12. The zero-order valence-corrected chi connectivity index (χ0v) is 10.1. The van der Waals surface area contributed by atoms with Crippen molar-refractivity contribution in [3.05, 3.63) is 45.6 Å². The molecule has 1 N–H and O–H groups in total. The van der Waals surface area contributed by atoms with E-state index in [2.05, 4.69) is 10.3 Å². The van der Waals surface area contributed by atoms with Crippen LogP contribution in [0.1, 0.15) is 18.0 Å². The third kappa shape index (κ3) is 2.51. The van der Waals surface area contributed by atoms with Crippen molar-refractivity contribution in [1.82, 2.24) is 4.98 Å². The van der Waals surface area contributed by atoms with E-state index >= 15 is 0 Å². The van der Waals surface area contributed by atoms with Gasteiger partial charge in [0, 0.05) is 17.3 Å². The van der Waals surface area contributed by atoms with Crippen molar-refractivity contribution in [2.45, 2.75) is 13.0 Å². The number of hydrogen-bond acceptors (Lipinski definition) is 3. The second kappa shape index (κ2) is 4.80. The predicted octanol–water partition coefficient (Wildman–Crippen LogP) is 4.11. The van der Waals surface area contributed by atoms with Gasteiger partial charge in [0.05, 0.1) is 11.1 Å². The summed E-state index contributed by atoms with van der Waals surface area (Å²) in [5, 5.41) is 6.24. The van der Waals surface area contributed by atoms with Crippen LogP contribution in [0.25, 0.3) is 0 Å². The van der Waals surface area contributed by atoms with Gasteiger partial charge in [-0.1, -0.05) is 11.6 Å². The van der Waals surface area contributed by atoms with Crippen molar-refractivity contribution in [2.75, 3.05) is 5.32 Å². The minimum Gasteiger partial charge on any atom is -0.376 e. The molecule has 1 unspecified atom stereocenters. The van der Waals surface area contributed by atoms with E-state index in [9.17, 15) is 4.39 Å². The van der Waals surface area contributed by atoms with Crippen molar-refractivity contribution < 1.29 is 4.39 Å². The molecule has 0 radical (unpaired) electrons. The molecule has 0 spiro atoms. The maximum Gasteiger partial charge on any atom is 0.141 e. The zero-order chi connectivity index (χ0) is 11.5. The molecule has 0 saturated heterocycles. The molecule has 0 aliphatic rings. The smallest absolute Gasteiger partial charge is 0.141 e. The van der Waals surface area contributed by atoms with Crippen LogP contribution >= 0.6 is 22.9 Å². The highest BCUT2D eigenvalue weighted by molar-refractivity contribution is 7.09. The first kappa shape index (κ1) is 11.4. The van der Waals surface area contributed by atoms with Gasteiger partial charge < -0.3 is 5.32 Å². The molecule has 2 aromatic rings. The molecule has 0 amide bonds. The predicted molar refractivity (Wildman–Crippen MR) is 65.6 cm³/mol. The average Bonchev–Trinajstić information content (AvgIpc) is 2.77. The monoisotopic (exact) mass is 256 g/mol. The normalized spacial score (nSPS) is 12.4.